The van der Waals surface area contributed by atoms with Gasteiger partial charge in [0.25, 0.3) is 5.91 Å². The van der Waals surface area contributed by atoms with Crippen LogP contribution < -0.4 is 15.4 Å². The largest absolute Gasteiger partial charge is 0.491 e. The van der Waals surface area contributed by atoms with E-state index in [1.807, 2.05) is 51.2 Å². The van der Waals surface area contributed by atoms with Crippen LogP contribution in [-0.4, -0.2) is 96.8 Å². The van der Waals surface area contributed by atoms with E-state index in [1.54, 1.807) is 29.2 Å². The lowest BCUT2D eigenvalue weighted by molar-refractivity contribution is -0.138. The van der Waals surface area contributed by atoms with Gasteiger partial charge in [-0.25, -0.2) is 0 Å². The summed E-state index contributed by atoms with van der Waals surface area (Å²) < 4.78 is 6.08. The molecule has 226 valence electrons. The van der Waals surface area contributed by atoms with E-state index >= 15 is 0 Å². The molecule has 2 aliphatic rings. The van der Waals surface area contributed by atoms with Crippen LogP contribution in [0.3, 0.4) is 0 Å². The average Bonchev–Trinajstić information content (AvgIpc) is 3.20. The highest BCUT2D eigenvalue weighted by atomic mass is 16.5. The van der Waals surface area contributed by atoms with Crippen molar-refractivity contribution in [3.63, 3.8) is 0 Å². The summed E-state index contributed by atoms with van der Waals surface area (Å²) in [6.07, 6.45) is 0.937. The Labute approximate surface area is 248 Å². The summed E-state index contributed by atoms with van der Waals surface area (Å²) in [5.74, 6) is -0.789. The number of hydrogen-bond acceptors (Lipinski definition) is 6. The fourth-order valence-corrected chi connectivity index (χ4v) is 5.23. The van der Waals surface area contributed by atoms with Crippen molar-refractivity contribution in [1.82, 2.24) is 25.3 Å². The van der Waals surface area contributed by atoms with E-state index < -0.39 is 11.9 Å². The molecule has 0 spiro atoms. The smallest absolute Gasteiger partial charge is 0.255 e. The first-order valence-corrected chi connectivity index (χ1v) is 14.8. The molecule has 0 bridgehead atoms. The summed E-state index contributed by atoms with van der Waals surface area (Å²) >= 11 is 0. The van der Waals surface area contributed by atoms with Crippen molar-refractivity contribution in [2.45, 2.75) is 51.7 Å². The maximum absolute atomic E-state index is 13.8. The summed E-state index contributed by atoms with van der Waals surface area (Å²) in [7, 11) is 2.02. The molecule has 2 aromatic carbocycles. The third kappa shape index (κ3) is 8.55. The topological polar surface area (TPSA) is 111 Å². The van der Waals surface area contributed by atoms with Gasteiger partial charge in [-0.3, -0.25) is 19.2 Å². The standard InChI is InChI=1S/C32H43N5O5/c1-23(2)27-22-42-28-13-8-7-12-25(28)31(40)34-26(32(41)36-17-9-16-35(3)18-19-36)14-15-30(39)37(21-29(38)33-27)20-24-10-5-4-6-11-24/h4-8,10-13,23,26-27H,9,14-22H2,1-3H3,(H,33,38)(H,34,40)/t26-,27+/m0/s1. The second-order valence-electron chi connectivity index (χ2n) is 11.5. The molecule has 2 atom stereocenters. The fourth-order valence-electron chi connectivity index (χ4n) is 5.23. The van der Waals surface area contributed by atoms with Crippen LogP contribution in [0, 0.1) is 5.92 Å². The molecule has 2 heterocycles. The summed E-state index contributed by atoms with van der Waals surface area (Å²) in [6.45, 7) is 6.98. The van der Waals surface area contributed by atoms with Gasteiger partial charge in [0, 0.05) is 32.6 Å². The Morgan fingerprint density at radius 2 is 1.69 bits per heavy atom. The van der Waals surface area contributed by atoms with Crippen LogP contribution in [0.2, 0.25) is 0 Å². The predicted octanol–water partition coefficient (Wildman–Crippen LogP) is 2.29. The molecule has 4 rings (SSSR count). The van der Waals surface area contributed by atoms with Gasteiger partial charge in [0.1, 0.15) is 18.4 Å². The van der Waals surface area contributed by atoms with Gasteiger partial charge in [0.2, 0.25) is 17.7 Å². The number of nitrogens with zero attached hydrogens (tertiary/aromatic N) is 3. The summed E-state index contributed by atoms with van der Waals surface area (Å²) in [4.78, 5) is 59.7. The number of carbonyl (C=O) groups is 4. The van der Waals surface area contributed by atoms with Gasteiger partial charge in [0.15, 0.2) is 0 Å². The maximum atomic E-state index is 13.8. The molecule has 0 aliphatic carbocycles. The fraction of sp³-hybridized carbons (Fsp3) is 0.500. The number of nitrogens with one attached hydrogen (secondary N) is 2. The molecule has 2 aliphatic heterocycles. The van der Waals surface area contributed by atoms with Crippen LogP contribution >= 0.6 is 0 Å². The van der Waals surface area contributed by atoms with E-state index in [0.29, 0.717) is 24.4 Å². The van der Waals surface area contributed by atoms with E-state index in [4.69, 9.17) is 4.74 Å². The van der Waals surface area contributed by atoms with Gasteiger partial charge in [0.05, 0.1) is 18.2 Å². The third-order valence-corrected chi connectivity index (χ3v) is 7.89. The van der Waals surface area contributed by atoms with Gasteiger partial charge < -0.3 is 30.1 Å². The maximum Gasteiger partial charge on any atom is 0.255 e. The van der Waals surface area contributed by atoms with E-state index in [0.717, 1.165) is 25.1 Å². The number of hydrogen-bond donors (Lipinski definition) is 2. The molecule has 1 saturated heterocycles. The zero-order valence-electron chi connectivity index (χ0n) is 24.9. The Bertz CT molecular complexity index is 1240. The lowest BCUT2D eigenvalue weighted by Crippen LogP contribution is -2.50. The summed E-state index contributed by atoms with van der Waals surface area (Å²) in [6, 6.07) is 15.1. The Morgan fingerprint density at radius 1 is 0.952 bits per heavy atom. The highest BCUT2D eigenvalue weighted by molar-refractivity contribution is 5.99. The van der Waals surface area contributed by atoms with Gasteiger partial charge in [-0.15, -0.1) is 0 Å². The first-order chi connectivity index (χ1) is 20.2. The number of fused-ring (bicyclic) bond motifs is 1. The number of ether oxygens (including phenoxy) is 1. The van der Waals surface area contributed by atoms with E-state index in [-0.39, 0.29) is 62.2 Å². The monoisotopic (exact) mass is 577 g/mol. The van der Waals surface area contributed by atoms with Crippen LogP contribution in [0.1, 0.15) is 49.0 Å². The Morgan fingerprint density at radius 3 is 2.45 bits per heavy atom. The SMILES string of the molecule is CC(C)[C@H]1COc2ccccc2C(=O)N[C@H](C(=O)N2CCCN(C)CC2)CCC(=O)N(Cc2ccccc2)CC(=O)N1. The van der Waals surface area contributed by atoms with Crippen LogP contribution in [0.15, 0.2) is 54.6 Å². The molecule has 0 unspecified atom stereocenters. The van der Waals surface area contributed by atoms with Crippen molar-refractivity contribution in [3.05, 3.63) is 65.7 Å². The van der Waals surface area contributed by atoms with E-state index in [9.17, 15) is 19.2 Å². The highest BCUT2D eigenvalue weighted by Crippen LogP contribution is 2.20. The summed E-state index contributed by atoms with van der Waals surface area (Å²) in [5.41, 5.74) is 1.19. The predicted molar refractivity (Wildman–Crippen MR) is 160 cm³/mol. The molecule has 2 N–H and O–H groups in total. The first-order valence-electron chi connectivity index (χ1n) is 14.8. The molecular weight excluding hydrogens is 534 g/mol. The van der Waals surface area contributed by atoms with Crippen LogP contribution in [0.25, 0.3) is 0 Å². The number of para-hydroxylation sites is 1. The van der Waals surface area contributed by atoms with E-state index in [1.165, 1.54) is 4.90 Å². The second-order valence-corrected chi connectivity index (χ2v) is 11.5. The van der Waals surface area contributed by atoms with Crippen molar-refractivity contribution >= 4 is 23.6 Å². The second kappa shape index (κ2) is 14.8. The first kappa shape index (κ1) is 31.0. The molecule has 10 nitrogen and oxygen atoms in total. The van der Waals surface area contributed by atoms with Crippen molar-refractivity contribution in [2.75, 3.05) is 46.4 Å². The molecule has 42 heavy (non-hydrogen) atoms. The average molecular weight is 578 g/mol. The number of amides is 4. The van der Waals surface area contributed by atoms with Gasteiger partial charge in [-0.2, -0.15) is 0 Å². The van der Waals surface area contributed by atoms with Gasteiger partial charge >= 0.3 is 0 Å². The Hall–Kier alpha value is -3.92. The van der Waals surface area contributed by atoms with Crippen LogP contribution in [0.4, 0.5) is 0 Å². The molecule has 0 radical (unpaired) electrons. The van der Waals surface area contributed by atoms with Crippen LogP contribution in [0.5, 0.6) is 5.75 Å². The molecular formula is C32H43N5O5. The van der Waals surface area contributed by atoms with Crippen molar-refractivity contribution in [2.24, 2.45) is 5.92 Å². The minimum Gasteiger partial charge on any atom is -0.491 e. The minimum absolute atomic E-state index is 0.00367. The van der Waals surface area contributed by atoms with Crippen molar-refractivity contribution < 1.29 is 23.9 Å². The molecule has 10 heteroatoms. The summed E-state index contributed by atoms with van der Waals surface area (Å²) in [5, 5.41) is 5.94. The molecule has 2 aromatic rings. The highest BCUT2D eigenvalue weighted by Gasteiger charge is 2.31. The van der Waals surface area contributed by atoms with Crippen molar-refractivity contribution in [1.29, 1.82) is 0 Å². The number of benzene rings is 2. The zero-order chi connectivity index (χ0) is 30.1. The molecule has 1 fully saturated rings. The Kier molecular flexibility index (Phi) is 10.9. The minimum atomic E-state index is -0.904. The Balaban J connectivity index is 1.64. The molecule has 0 saturated carbocycles. The lowest BCUT2D eigenvalue weighted by Gasteiger charge is -2.28. The van der Waals surface area contributed by atoms with E-state index in [2.05, 4.69) is 15.5 Å². The normalized spacial score (nSPS) is 21.8. The molecule has 0 aromatic heterocycles. The van der Waals surface area contributed by atoms with Gasteiger partial charge in [-0.1, -0.05) is 56.3 Å². The van der Waals surface area contributed by atoms with Crippen molar-refractivity contribution in [3.8, 4) is 5.75 Å². The lowest BCUT2D eigenvalue weighted by atomic mass is 10.1. The van der Waals surface area contributed by atoms with Crippen LogP contribution in [-0.2, 0) is 20.9 Å². The number of carbonyl (C=O) groups excluding carboxylic acids is 4. The quantitative estimate of drug-likeness (QED) is 0.577. The molecule has 4 amide bonds. The zero-order valence-corrected chi connectivity index (χ0v) is 24.9. The third-order valence-electron chi connectivity index (χ3n) is 7.89. The van der Waals surface area contributed by atoms with Gasteiger partial charge in [-0.05, 0) is 50.0 Å². The number of rotatable bonds is 4. The number of likely N-dealkylation sites (N-methyl/N-ethyl adjacent to an activating group) is 1.